The van der Waals surface area contributed by atoms with Crippen LogP contribution in [-0.2, 0) is 9.53 Å². The molecule has 0 saturated carbocycles. The lowest BCUT2D eigenvalue weighted by molar-refractivity contribution is -0.125. The van der Waals surface area contributed by atoms with Gasteiger partial charge in [0.1, 0.15) is 0 Å². The van der Waals surface area contributed by atoms with Crippen molar-refractivity contribution in [2.24, 2.45) is 11.7 Å². The Hall–Kier alpha value is -1.50. The number of methoxy groups -OCH3 is 1. The Labute approximate surface area is 162 Å². The second-order valence-corrected chi connectivity index (χ2v) is 6.78. The summed E-state index contributed by atoms with van der Waals surface area (Å²) >= 11 is 0. The van der Waals surface area contributed by atoms with E-state index in [-0.39, 0.29) is 36.4 Å². The number of hydrogen-bond donors (Lipinski definition) is 2. The fourth-order valence-electron chi connectivity index (χ4n) is 2.99. The summed E-state index contributed by atoms with van der Waals surface area (Å²) in [4.78, 5) is 12.5. The SMILES string of the molecule is COc1cc(C(C)NC(=O)C(N)C2CCOCC2)ccc1OC(C)C.Cl. The molecular weight excluding hydrogens is 356 g/mol. The van der Waals surface area contributed by atoms with Crippen LogP contribution in [0, 0.1) is 5.92 Å². The topological polar surface area (TPSA) is 82.8 Å². The van der Waals surface area contributed by atoms with Crippen LogP contribution in [-0.4, -0.2) is 38.4 Å². The van der Waals surface area contributed by atoms with Gasteiger partial charge in [-0.3, -0.25) is 4.79 Å². The Morgan fingerprint density at radius 1 is 1.23 bits per heavy atom. The number of halogens is 1. The van der Waals surface area contributed by atoms with E-state index in [1.54, 1.807) is 7.11 Å². The fourth-order valence-corrected chi connectivity index (χ4v) is 2.99. The number of hydrogen-bond acceptors (Lipinski definition) is 5. The predicted molar refractivity (Wildman–Crippen MR) is 104 cm³/mol. The number of ether oxygens (including phenoxy) is 3. The molecule has 2 atom stereocenters. The van der Waals surface area contributed by atoms with Crippen molar-refractivity contribution in [1.82, 2.24) is 5.32 Å². The van der Waals surface area contributed by atoms with Gasteiger partial charge in [0.15, 0.2) is 11.5 Å². The molecule has 0 aliphatic carbocycles. The average Bonchev–Trinajstić information content (AvgIpc) is 2.61. The maximum Gasteiger partial charge on any atom is 0.237 e. The molecule has 1 amide bonds. The third kappa shape index (κ3) is 6.04. The van der Waals surface area contributed by atoms with Gasteiger partial charge in [0.05, 0.1) is 25.3 Å². The fraction of sp³-hybridized carbons (Fsp3) is 0.632. The number of benzene rings is 1. The number of amides is 1. The summed E-state index contributed by atoms with van der Waals surface area (Å²) < 4.78 is 16.5. The first-order valence-electron chi connectivity index (χ1n) is 8.90. The van der Waals surface area contributed by atoms with E-state index in [4.69, 9.17) is 19.9 Å². The van der Waals surface area contributed by atoms with Gasteiger partial charge >= 0.3 is 0 Å². The normalized spacial score (nSPS) is 17.2. The minimum atomic E-state index is -0.503. The minimum Gasteiger partial charge on any atom is -0.493 e. The molecule has 0 bridgehead atoms. The molecule has 1 fully saturated rings. The summed E-state index contributed by atoms with van der Waals surface area (Å²) in [6.07, 6.45) is 1.73. The van der Waals surface area contributed by atoms with Crippen molar-refractivity contribution in [3.8, 4) is 11.5 Å². The Kier molecular flexibility index (Phi) is 9.19. The van der Waals surface area contributed by atoms with E-state index in [1.165, 1.54) is 0 Å². The zero-order valence-electron chi connectivity index (χ0n) is 16.0. The lowest BCUT2D eigenvalue weighted by atomic mass is 9.91. The van der Waals surface area contributed by atoms with Crippen LogP contribution in [0.25, 0.3) is 0 Å². The van der Waals surface area contributed by atoms with Crippen LogP contribution in [0.15, 0.2) is 18.2 Å². The van der Waals surface area contributed by atoms with Crippen LogP contribution in [0.5, 0.6) is 11.5 Å². The standard InChI is InChI=1S/C19H30N2O4.ClH/c1-12(2)25-16-6-5-15(11-17(16)23-4)13(3)21-19(22)18(20)14-7-9-24-10-8-14;/h5-6,11-14,18H,7-10,20H2,1-4H3,(H,21,22);1H. The number of nitrogens with two attached hydrogens (primary N) is 1. The lowest BCUT2D eigenvalue weighted by Crippen LogP contribution is -2.47. The monoisotopic (exact) mass is 386 g/mol. The number of carbonyl (C=O) groups is 1. The summed E-state index contributed by atoms with van der Waals surface area (Å²) in [6.45, 7) is 7.22. The van der Waals surface area contributed by atoms with E-state index < -0.39 is 6.04 Å². The van der Waals surface area contributed by atoms with Crippen LogP contribution in [0.3, 0.4) is 0 Å². The summed E-state index contributed by atoms with van der Waals surface area (Å²) in [6, 6.07) is 5.03. The minimum absolute atomic E-state index is 0. The summed E-state index contributed by atoms with van der Waals surface area (Å²) in [5.74, 6) is 1.40. The molecule has 2 rings (SSSR count). The second kappa shape index (κ2) is 10.6. The Bertz CT molecular complexity index is 577. The van der Waals surface area contributed by atoms with Crippen molar-refractivity contribution >= 4 is 18.3 Å². The highest BCUT2D eigenvalue weighted by Crippen LogP contribution is 2.31. The largest absolute Gasteiger partial charge is 0.493 e. The molecule has 0 aromatic heterocycles. The molecular formula is C19H31ClN2O4. The molecule has 1 saturated heterocycles. The molecule has 7 heteroatoms. The third-order valence-corrected chi connectivity index (χ3v) is 4.49. The highest BCUT2D eigenvalue weighted by Gasteiger charge is 2.27. The van der Waals surface area contributed by atoms with Crippen LogP contribution < -0.4 is 20.5 Å². The first-order valence-corrected chi connectivity index (χ1v) is 8.90. The van der Waals surface area contributed by atoms with Gasteiger partial charge in [-0.25, -0.2) is 0 Å². The molecule has 1 aromatic carbocycles. The van der Waals surface area contributed by atoms with Crippen molar-refractivity contribution < 1.29 is 19.0 Å². The van der Waals surface area contributed by atoms with Crippen LogP contribution in [0.2, 0.25) is 0 Å². The van der Waals surface area contributed by atoms with E-state index in [2.05, 4.69) is 5.32 Å². The number of nitrogens with one attached hydrogen (secondary N) is 1. The highest BCUT2D eigenvalue weighted by atomic mass is 35.5. The molecule has 1 aliphatic rings. The van der Waals surface area contributed by atoms with Crippen LogP contribution in [0.1, 0.15) is 45.2 Å². The number of carbonyl (C=O) groups excluding carboxylic acids is 1. The van der Waals surface area contributed by atoms with E-state index in [9.17, 15) is 4.79 Å². The van der Waals surface area contributed by atoms with Gasteiger partial charge in [-0.15, -0.1) is 12.4 Å². The molecule has 1 aromatic rings. The smallest absolute Gasteiger partial charge is 0.237 e. The van der Waals surface area contributed by atoms with E-state index in [0.717, 1.165) is 18.4 Å². The molecule has 0 radical (unpaired) electrons. The van der Waals surface area contributed by atoms with Crippen molar-refractivity contribution in [3.05, 3.63) is 23.8 Å². The Morgan fingerprint density at radius 2 is 1.88 bits per heavy atom. The van der Waals surface area contributed by atoms with Gasteiger partial charge in [0.2, 0.25) is 5.91 Å². The number of rotatable bonds is 7. The van der Waals surface area contributed by atoms with E-state index in [1.807, 2.05) is 39.0 Å². The summed E-state index contributed by atoms with van der Waals surface area (Å²) in [5.41, 5.74) is 7.09. The Balaban J connectivity index is 0.00000338. The van der Waals surface area contributed by atoms with E-state index >= 15 is 0 Å². The van der Waals surface area contributed by atoms with Gasteiger partial charge in [-0.05, 0) is 57.2 Å². The lowest BCUT2D eigenvalue weighted by Gasteiger charge is -2.28. The molecule has 0 spiro atoms. The molecule has 3 N–H and O–H groups in total. The van der Waals surface area contributed by atoms with Crippen molar-refractivity contribution in [1.29, 1.82) is 0 Å². The summed E-state index contributed by atoms with van der Waals surface area (Å²) in [7, 11) is 1.61. The third-order valence-electron chi connectivity index (χ3n) is 4.49. The van der Waals surface area contributed by atoms with Crippen molar-refractivity contribution in [2.75, 3.05) is 20.3 Å². The van der Waals surface area contributed by atoms with Crippen LogP contribution in [0.4, 0.5) is 0 Å². The van der Waals surface area contributed by atoms with Gasteiger partial charge < -0.3 is 25.3 Å². The van der Waals surface area contributed by atoms with Crippen molar-refractivity contribution in [2.45, 2.75) is 51.8 Å². The zero-order valence-corrected chi connectivity index (χ0v) is 16.8. The van der Waals surface area contributed by atoms with Crippen LogP contribution >= 0.6 is 12.4 Å². The first-order chi connectivity index (χ1) is 11.9. The zero-order chi connectivity index (χ0) is 18.4. The average molecular weight is 387 g/mol. The second-order valence-electron chi connectivity index (χ2n) is 6.78. The molecule has 26 heavy (non-hydrogen) atoms. The molecule has 6 nitrogen and oxygen atoms in total. The van der Waals surface area contributed by atoms with Crippen molar-refractivity contribution in [3.63, 3.8) is 0 Å². The first kappa shape index (κ1) is 22.5. The van der Waals surface area contributed by atoms with E-state index in [0.29, 0.717) is 24.7 Å². The maximum atomic E-state index is 12.5. The van der Waals surface area contributed by atoms with Gasteiger partial charge in [0, 0.05) is 13.2 Å². The maximum absolute atomic E-state index is 12.5. The van der Waals surface area contributed by atoms with Gasteiger partial charge in [-0.2, -0.15) is 0 Å². The molecule has 1 heterocycles. The summed E-state index contributed by atoms with van der Waals surface area (Å²) in [5, 5.41) is 3.00. The molecule has 1 aliphatic heterocycles. The predicted octanol–water partition coefficient (Wildman–Crippen LogP) is 2.84. The quantitative estimate of drug-likeness (QED) is 0.752. The van der Waals surface area contributed by atoms with Gasteiger partial charge in [0.25, 0.3) is 0 Å². The highest BCUT2D eigenvalue weighted by molar-refractivity contribution is 5.85. The van der Waals surface area contributed by atoms with Gasteiger partial charge in [-0.1, -0.05) is 6.07 Å². The molecule has 2 unspecified atom stereocenters. The molecule has 148 valence electrons. The Morgan fingerprint density at radius 3 is 2.46 bits per heavy atom.